The molecule has 2 heterocycles. The highest BCUT2D eigenvalue weighted by molar-refractivity contribution is 7.98. The Bertz CT molecular complexity index is 1420. The van der Waals surface area contributed by atoms with Crippen molar-refractivity contribution < 1.29 is 9.32 Å². The van der Waals surface area contributed by atoms with Crippen LogP contribution >= 0.6 is 11.8 Å². The van der Waals surface area contributed by atoms with E-state index in [1.165, 1.54) is 5.56 Å². The number of allylic oxidation sites excluding steroid dienone is 1. The Balaban J connectivity index is 1.63. The van der Waals surface area contributed by atoms with Crippen molar-refractivity contribution in [2.75, 3.05) is 11.2 Å². The number of carbonyl (C=O) groups excluding carboxylic acids is 1. The fourth-order valence-corrected chi connectivity index (χ4v) is 4.88. The maximum Gasteiger partial charge on any atom is 0.326 e. The molecule has 0 aliphatic carbocycles. The minimum absolute atomic E-state index is 0.199. The van der Waals surface area contributed by atoms with Crippen LogP contribution in [0, 0.1) is 6.92 Å². The van der Waals surface area contributed by atoms with Crippen molar-refractivity contribution in [2.45, 2.75) is 38.1 Å². The van der Waals surface area contributed by atoms with E-state index in [-0.39, 0.29) is 6.03 Å². The van der Waals surface area contributed by atoms with Gasteiger partial charge in [0.15, 0.2) is 0 Å². The van der Waals surface area contributed by atoms with Crippen molar-refractivity contribution >= 4 is 29.1 Å². The molecule has 4 aromatic rings. The summed E-state index contributed by atoms with van der Waals surface area (Å²) < 4.78 is 5.82. The van der Waals surface area contributed by atoms with Crippen LogP contribution in [-0.4, -0.2) is 22.4 Å². The number of rotatable bonds is 6. The summed E-state index contributed by atoms with van der Waals surface area (Å²) in [6.07, 6.45) is 2.99. The number of hydrogen-bond donors (Lipinski definition) is 1. The molecule has 36 heavy (non-hydrogen) atoms. The molecule has 1 aromatic heterocycles. The second-order valence-corrected chi connectivity index (χ2v) is 9.68. The number of amides is 2. The van der Waals surface area contributed by atoms with Crippen molar-refractivity contribution in [3.63, 3.8) is 0 Å². The van der Waals surface area contributed by atoms with Gasteiger partial charge >= 0.3 is 6.03 Å². The molecule has 3 aromatic carbocycles. The van der Waals surface area contributed by atoms with Gasteiger partial charge in [0.2, 0.25) is 5.82 Å². The lowest BCUT2D eigenvalue weighted by Gasteiger charge is -2.35. The lowest BCUT2D eigenvalue weighted by Crippen LogP contribution is -2.46. The Morgan fingerprint density at radius 2 is 1.78 bits per heavy atom. The van der Waals surface area contributed by atoms with Crippen LogP contribution in [0.15, 0.2) is 87.9 Å². The van der Waals surface area contributed by atoms with E-state index in [0.717, 1.165) is 45.0 Å². The Labute approximate surface area is 215 Å². The van der Waals surface area contributed by atoms with E-state index in [1.54, 1.807) is 16.7 Å². The van der Waals surface area contributed by atoms with Crippen LogP contribution in [0.5, 0.6) is 0 Å². The van der Waals surface area contributed by atoms with Crippen molar-refractivity contribution in [2.24, 2.45) is 0 Å². The molecular weight excluding hydrogens is 468 g/mol. The van der Waals surface area contributed by atoms with E-state index < -0.39 is 6.04 Å². The summed E-state index contributed by atoms with van der Waals surface area (Å²) in [6, 6.07) is 23.6. The Hall–Kier alpha value is -3.84. The van der Waals surface area contributed by atoms with Gasteiger partial charge < -0.3 is 9.84 Å². The molecule has 0 saturated carbocycles. The number of aromatic nitrogens is 2. The molecule has 1 N–H and O–H groups in total. The van der Waals surface area contributed by atoms with E-state index in [4.69, 9.17) is 9.51 Å². The minimum Gasteiger partial charge on any atom is -0.334 e. The zero-order chi connectivity index (χ0) is 25.2. The number of benzene rings is 3. The van der Waals surface area contributed by atoms with Crippen LogP contribution in [0.1, 0.15) is 42.5 Å². The topological polar surface area (TPSA) is 71.3 Å². The number of anilines is 1. The van der Waals surface area contributed by atoms with Gasteiger partial charge in [-0.25, -0.2) is 4.79 Å². The predicted molar refractivity (Wildman–Crippen MR) is 145 cm³/mol. The number of nitrogens with zero attached hydrogens (tertiary/aromatic N) is 3. The number of nitrogens with one attached hydrogen (secondary N) is 1. The Morgan fingerprint density at radius 1 is 1.03 bits per heavy atom. The third kappa shape index (κ3) is 4.54. The molecule has 7 heteroatoms. The summed E-state index contributed by atoms with van der Waals surface area (Å²) in [6.45, 7) is 6.10. The second-order valence-electron chi connectivity index (χ2n) is 8.80. The number of aryl methyl sites for hydroxylation is 2. The molecule has 0 spiro atoms. The molecule has 0 fully saturated rings. The van der Waals surface area contributed by atoms with Crippen LogP contribution in [-0.2, 0) is 6.42 Å². The third-order valence-electron chi connectivity index (χ3n) is 6.48. The lowest BCUT2D eigenvalue weighted by molar-refractivity contribution is 0.244. The minimum atomic E-state index is -0.422. The van der Waals surface area contributed by atoms with Crippen molar-refractivity contribution in [1.82, 2.24) is 15.5 Å². The van der Waals surface area contributed by atoms with Gasteiger partial charge in [-0.3, -0.25) is 4.90 Å². The van der Waals surface area contributed by atoms with Gasteiger partial charge in [-0.05, 0) is 55.9 Å². The average Bonchev–Trinajstić information content (AvgIpc) is 3.39. The summed E-state index contributed by atoms with van der Waals surface area (Å²) in [4.78, 5) is 21.0. The van der Waals surface area contributed by atoms with E-state index in [0.29, 0.717) is 11.7 Å². The van der Waals surface area contributed by atoms with Gasteiger partial charge in [0, 0.05) is 16.2 Å². The summed E-state index contributed by atoms with van der Waals surface area (Å²) in [5.41, 5.74) is 6.54. The summed E-state index contributed by atoms with van der Waals surface area (Å²) in [5, 5.41) is 7.46. The standard InChI is InChI=1S/C29H28N4O2S/c1-5-20-11-15-22(16-12-20)27-31-28(35-32-27)25-19(3)33(23-7-6-8-24(17-23)36-4)29(34)30-26(25)21-13-9-18(2)10-14-21/h6-17,26H,5H2,1-4H3,(H,30,34). The van der Waals surface area contributed by atoms with E-state index in [9.17, 15) is 4.79 Å². The van der Waals surface area contributed by atoms with Gasteiger partial charge in [0.1, 0.15) is 0 Å². The molecule has 1 atom stereocenters. The number of urea groups is 1. The lowest BCUT2D eigenvalue weighted by atomic mass is 9.94. The van der Waals surface area contributed by atoms with Crippen molar-refractivity contribution in [3.05, 3.63) is 101 Å². The van der Waals surface area contributed by atoms with Crippen LogP contribution in [0.25, 0.3) is 17.0 Å². The van der Waals surface area contributed by atoms with Crippen LogP contribution in [0.4, 0.5) is 10.5 Å². The van der Waals surface area contributed by atoms with E-state index in [2.05, 4.69) is 29.5 Å². The highest BCUT2D eigenvalue weighted by atomic mass is 32.2. The van der Waals surface area contributed by atoms with Gasteiger partial charge in [0.05, 0.1) is 17.3 Å². The first-order valence-corrected chi connectivity index (χ1v) is 13.2. The monoisotopic (exact) mass is 496 g/mol. The zero-order valence-corrected chi connectivity index (χ0v) is 21.6. The van der Waals surface area contributed by atoms with Crippen molar-refractivity contribution in [3.8, 4) is 11.4 Å². The maximum atomic E-state index is 13.4. The van der Waals surface area contributed by atoms with Gasteiger partial charge in [-0.1, -0.05) is 72.2 Å². The van der Waals surface area contributed by atoms with Crippen LogP contribution < -0.4 is 10.2 Å². The normalized spacial score (nSPS) is 15.8. The van der Waals surface area contributed by atoms with Gasteiger partial charge in [-0.2, -0.15) is 4.98 Å². The molecule has 1 aliphatic rings. The molecule has 2 amide bonds. The van der Waals surface area contributed by atoms with Crippen molar-refractivity contribution in [1.29, 1.82) is 0 Å². The SMILES string of the molecule is CCc1ccc(-c2noc(C3=C(C)N(c4cccc(SC)c4)C(=O)NC3c3ccc(C)cc3)n2)cc1. The Kier molecular flexibility index (Phi) is 6.65. The highest BCUT2D eigenvalue weighted by Gasteiger charge is 2.36. The first-order chi connectivity index (χ1) is 17.5. The second kappa shape index (κ2) is 10.0. The first-order valence-electron chi connectivity index (χ1n) is 11.9. The first kappa shape index (κ1) is 23.9. The molecular formula is C29H28N4O2S. The number of carbonyl (C=O) groups is 1. The van der Waals surface area contributed by atoms with Crippen LogP contribution in [0.2, 0.25) is 0 Å². The van der Waals surface area contributed by atoms with E-state index in [1.807, 2.05) is 80.8 Å². The summed E-state index contributed by atoms with van der Waals surface area (Å²) in [5.74, 6) is 0.905. The number of hydrogen-bond acceptors (Lipinski definition) is 5. The Morgan fingerprint density at radius 3 is 2.47 bits per heavy atom. The predicted octanol–water partition coefficient (Wildman–Crippen LogP) is 7.03. The molecule has 5 rings (SSSR count). The molecule has 0 bridgehead atoms. The highest BCUT2D eigenvalue weighted by Crippen LogP contribution is 2.39. The smallest absolute Gasteiger partial charge is 0.326 e. The fraction of sp³-hybridized carbons (Fsp3) is 0.207. The van der Waals surface area contributed by atoms with Gasteiger partial charge in [-0.15, -0.1) is 11.8 Å². The molecule has 0 saturated heterocycles. The molecule has 182 valence electrons. The fourth-order valence-electron chi connectivity index (χ4n) is 4.43. The summed E-state index contributed by atoms with van der Waals surface area (Å²) in [7, 11) is 0. The zero-order valence-electron chi connectivity index (χ0n) is 20.8. The maximum absolute atomic E-state index is 13.4. The molecule has 6 nitrogen and oxygen atoms in total. The number of thioether (sulfide) groups is 1. The molecule has 1 aliphatic heterocycles. The quantitative estimate of drug-likeness (QED) is 0.290. The molecule has 0 radical (unpaired) electrons. The average molecular weight is 497 g/mol. The van der Waals surface area contributed by atoms with Crippen LogP contribution in [0.3, 0.4) is 0 Å². The third-order valence-corrected chi connectivity index (χ3v) is 7.21. The largest absolute Gasteiger partial charge is 0.334 e. The van der Waals surface area contributed by atoms with Gasteiger partial charge in [0.25, 0.3) is 5.89 Å². The summed E-state index contributed by atoms with van der Waals surface area (Å²) >= 11 is 1.63. The molecule has 1 unspecified atom stereocenters. The van der Waals surface area contributed by atoms with E-state index >= 15 is 0 Å².